The molecule has 0 fully saturated rings. The molecule has 0 unspecified atom stereocenters. The Labute approximate surface area is 75.8 Å². The molecule has 0 N–H and O–H groups in total. The first-order valence-electron chi connectivity index (χ1n) is 4.74. The van der Waals surface area contributed by atoms with Crippen molar-refractivity contribution in [3.63, 3.8) is 0 Å². The van der Waals surface area contributed by atoms with Crippen molar-refractivity contribution in [1.29, 1.82) is 0 Å². The van der Waals surface area contributed by atoms with Crippen LogP contribution in [0.15, 0.2) is 18.5 Å². The minimum Gasteiger partial charge on any atom is -0.264 e. The third-order valence-corrected chi connectivity index (χ3v) is 1.67. The van der Waals surface area contributed by atoms with Crippen LogP contribution < -0.4 is 0 Å². The summed E-state index contributed by atoms with van der Waals surface area (Å²) in [6.07, 6.45) is 6.15. The molecular formula is C11H19N. The van der Waals surface area contributed by atoms with Crippen LogP contribution in [-0.2, 0) is 6.42 Å². The van der Waals surface area contributed by atoms with Gasteiger partial charge in [-0.15, -0.1) is 0 Å². The van der Waals surface area contributed by atoms with Gasteiger partial charge >= 0.3 is 0 Å². The first kappa shape index (κ1) is 11.2. The molecule has 0 saturated carbocycles. The maximum atomic E-state index is 4.06. The molecule has 12 heavy (non-hydrogen) atoms. The molecule has 0 bridgehead atoms. The lowest BCUT2D eigenvalue weighted by Gasteiger charge is -2.00. The number of hydrogen-bond donors (Lipinski definition) is 0. The smallest absolute Gasteiger partial charge is 0.0302 e. The normalized spacial score (nSPS) is 8.67. The molecule has 0 radical (unpaired) electrons. The van der Waals surface area contributed by atoms with Gasteiger partial charge in [-0.2, -0.15) is 0 Å². The quantitative estimate of drug-likeness (QED) is 0.654. The van der Waals surface area contributed by atoms with Crippen LogP contribution in [0.4, 0.5) is 0 Å². The standard InChI is InChI=1S/C9H13N.C2H6/c1-3-4-9-7-10-6-5-8(9)2;1-2/h5-7H,3-4H2,1-2H3;1-2H3. The van der Waals surface area contributed by atoms with Gasteiger partial charge in [0.2, 0.25) is 0 Å². The molecule has 0 amide bonds. The summed E-state index contributed by atoms with van der Waals surface area (Å²) in [7, 11) is 0. The second-order valence-electron chi connectivity index (χ2n) is 2.55. The highest BCUT2D eigenvalue weighted by Gasteiger charge is 1.93. The molecular weight excluding hydrogens is 146 g/mol. The summed E-state index contributed by atoms with van der Waals surface area (Å²) in [5.41, 5.74) is 2.74. The topological polar surface area (TPSA) is 12.9 Å². The van der Waals surface area contributed by atoms with E-state index in [4.69, 9.17) is 0 Å². The van der Waals surface area contributed by atoms with Crippen molar-refractivity contribution in [3.05, 3.63) is 29.6 Å². The van der Waals surface area contributed by atoms with Gasteiger partial charge in [0.25, 0.3) is 0 Å². The highest BCUT2D eigenvalue weighted by Crippen LogP contribution is 2.06. The third kappa shape index (κ3) is 3.51. The van der Waals surface area contributed by atoms with E-state index in [1.54, 1.807) is 0 Å². The maximum absolute atomic E-state index is 4.06. The summed E-state index contributed by atoms with van der Waals surface area (Å²) in [4.78, 5) is 4.06. The Balaban J connectivity index is 0.000000561. The molecule has 1 aromatic rings. The van der Waals surface area contributed by atoms with Gasteiger partial charge in [0.1, 0.15) is 0 Å². The fraction of sp³-hybridized carbons (Fsp3) is 0.545. The largest absolute Gasteiger partial charge is 0.264 e. The molecule has 0 aliphatic heterocycles. The molecule has 0 atom stereocenters. The van der Waals surface area contributed by atoms with Gasteiger partial charge in [-0.05, 0) is 30.5 Å². The summed E-state index contributed by atoms with van der Waals surface area (Å²) in [6, 6.07) is 2.06. The van der Waals surface area contributed by atoms with Gasteiger partial charge in [-0.3, -0.25) is 4.98 Å². The van der Waals surface area contributed by atoms with Crippen molar-refractivity contribution in [3.8, 4) is 0 Å². The zero-order valence-corrected chi connectivity index (χ0v) is 8.59. The van der Waals surface area contributed by atoms with Crippen molar-refractivity contribution >= 4 is 0 Å². The monoisotopic (exact) mass is 165 g/mol. The molecule has 0 aliphatic rings. The predicted octanol–water partition coefficient (Wildman–Crippen LogP) is 3.37. The molecule has 0 aliphatic carbocycles. The van der Waals surface area contributed by atoms with Crippen LogP contribution in [0.25, 0.3) is 0 Å². The van der Waals surface area contributed by atoms with Gasteiger partial charge in [-0.25, -0.2) is 0 Å². The predicted molar refractivity (Wildman–Crippen MR) is 54.3 cm³/mol. The Bertz CT molecular complexity index is 206. The number of aryl methyl sites for hydroxylation is 2. The lowest BCUT2D eigenvalue weighted by Crippen LogP contribution is -1.88. The number of hydrogen-bond acceptors (Lipinski definition) is 1. The molecule has 1 aromatic heterocycles. The number of aromatic nitrogens is 1. The zero-order chi connectivity index (χ0) is 9.40. The van der Waals surface area contributed by atoms with Crippen molar-refractivity contribution in [2.75, 3.05) is 0 Å². The molecule has 1 rings (SSSR count). The zero-order valence-electron chi connectivity index (χ0n) is 8.59. The molecule has 0 spiro atoms. The van der Waals surface area contributed by atoms with Crippen molar-refractivity contribution in [2.24, 2.45) is 0 Å². The van der Waals surface area contributed by atoms with E-state index >= 15 is 0 Å². The Kier molecular flexibility index (Phi) is 6.35. The Hall–Kier alpha value is -0.850. The van der Waals surface area contributed by atoms with E-state index in [1.807, 2.05) is 26.2 Å². The Morgan fingerprint density at radius 2 is 2.00 bits per heavy atom. The first-order chi connectivity index (χ1) is 5.84. The van der Waals surface area contributed by atoms with Gasteiger partial charge in [0, 0.05) is 12.4 Å². The van der Waals surface area contributed by atoms with E-state index in [0.717, 1.165) is 6.42 Å². The average Bonchev–Trinajstić information content (AvgIpc) is 2.13. The number of rotatable bonds is 2. The molecule has 0 aromatic carbocycles. The summed E-state index contributed by atoms with van der Waals surface area (Å²) in [5, 5.41) is 0. The van der Waals surface area contributed by atoms with E-state index < -0.39 is 0 Å². The van der Waals surface area contributed by atoms with Crippen LogP contribution >= 0.6 is 0 Å². The minimum absolute atomic E-state index is 1.15. The average molecular weight is 165 g/mol. The van der Waals surface area contributed by atoms with Crippen molar-refractivity contribution in [1.82, 2.24) is 4.98 Å². The van der Waals surface area contributed by atoms with Crippen LogP contribution in [0.3, 0.4) is 0 Å². The lowest BCUT2D eigenvalue weighted by molar-refractivity contribution is 0.904. The van der Waals surface area contributed by atoms with E-state index in [2.05, 4.69) is 24.9 Å². The number of nitrogens with zero attached hydrogens (tertiary/aromatic N) is 1. The number of pyridine rings is 1. The van der Waals surface area contributed by atoms with Gasteiger partial charge < -0.3 is 0 Å². The highest BCUT2D eigenvalue weighted by atomic mass is 14.6. The van der Waals surface area contributed by atoms with Gasteiger partial charge in [-0.1, -0.05) is 27.2 Å². The fourth-order valence-electron chi connectivity index (χ4n) is 1.03. The summed E-state index contributed by atoms with van der Waals surface area (Å²) < 4.78 is 0. The van der Waals surface area contributed by atoms with Crippen molar-refractivity contribution in [2.45, 2.75) is 40.5 Å². The summed E-state index contributed by atoms with van der Waals surface area (Å²) in [6.45, 7) is 8.32. The van der Waals surface area contributed by atoms with Gasteiger partial charge in [0.05, 0.1) is 0 Å². The lowest BCUT2D eigenvalue weighted by atomic mass is 10.1. The van der Waals surface area contributed by atoms with E-state index in [9.17, 15) is 0 Å². The second-order valence-corrected chi connectivity index (χ2v) is 2.55. The highest BCUT2D eigenvalue weighted by molar-refractivity contribution is 5.21. The minimum atomic E-state index is 1.15. The third-order valence-electron chi connectivity index (χ3n) is 1.67. The van der Waals surface area contributed by atoms with Crippen LogP contribution in [-0.4, -0.2) is 4.98 Å². The molecule has 1 heteroatoms. The van der Waals surface area contributed by atoms with Crippen LogP contribution in [0.1, 0.15) is 38.3 Å². The van der Waals surface area contributed by atoms with Gasteiger partial charge in [0.15, 0.2) is 0 Å². The summed E-state index contributed by atoms with van der Waals surface area (Å²) in [5.74, 6) is 0. The molecule has 1 heterocycles. The summed E-state index contributed by atoms with van der Waals surface area (Å²) >= 11 is 0. The second kappa shape index (κ2) is 6.84. The van der Waals surface area contributed by atoms with E-state index in [0.29, 0.717) is 0 Å². The first-order valence-corrected chi connectivity index (χ1v) is 4.74. The maximum Gasteiger partial charge on any atom is 0.0302 e. The molecule has 1 nitrogen and oxygen atoms in total. The molecule has 0 saturated heterocycles. The van der Waals surface area contributed by atoms with E-state index in [1.165, 1.54) is 17.5 Å². The Morgan fingerprint density at radius 1 is 1.33 bits per heavy atom. The SMILES string of the molecule is CC.CCCc1cnccc1C. The van der Waals surface area contributed by atoms with E-state index in [-0.39, 0.29) is 0 Å². The Morgan fingerprint density at radius 3 is 2.50 bits per heavy atom. The fourth-order valence-corrected chi connectivity index (χ4v) is 1.03. The molecule has 68 valence electrons. The van der Waals surface area contributed by atoms with Crippen LogP contribution in [0, 0.1) is 6.92 Å². The van der Waals surface area contributed by atoms with Crippen molar-refractivity contribution < 1.29 is 0 Å². The van der Waals surface area contributed by atoms with Crippen LogP contribution in [0.2, 0.25) is 0 Å². The van der Waals surface area contributed by atoms with Crippen LogP contribution in [0.5, 0.6) is 0 Å².